The molecule has 0 bridgehead atoms. The number of carbonyl (C=O) groups is 1. The quantitative estimate of drug-likeness (QED) is 0.392. The van der Waals surface area contributed by atoms with Crippen molar-refractivity contribution in [3.8, 4) is 11.8 Å². The summed E-state index contributed by atoms with van der Waals surface area (Å²) in [6.07, 6.45) is -2.99. The predicted molar refractivity (Wildman–Crippen MR) is 148 cm³/mol. The molecule has 1 aliphatic rings. The highest BCUT2D eigenvalue weighted by molar-refractivity contribution is 6.32. The normalized spacial score (nSPS) is 14.4. The molecule has 7 nitrogen and oxygen atoms in total. The molecule has 1 saturated heterocycles. The fourth-order valence-electron chi connectivity index (χ4n) is 4.12. The first kappa shape index (κ1) is 28.2. The van der Waals surface area contributed by atoms with Gasteiger partial charge in [0.2, 0.25) is 0 Å². The summed E-state index contributed by atoms with van der Waals surface area (Å²) in [5, 5.41) is 5.82. The van der Waals surface area contributed by atoms with Gasteiger partial charge >= 0.3 is 6.18 Å². The van der Waals surface area contributed by atoms with E-state index in [-0.39, 0.29) is 29.2 Å². The molecule has 1 fully saturated rings. The molecular formula is C28H28ClF3N6O. The van der Waals surface area contributed by atoms with Crippen LogP contribution in [0.4, 0.5) is 30.4 Å². The first-order chi connectivity index (χ1) is 18.5. The van der Waals surface area contributed by atoms with Gasteiger partial charge in [-0.05, 0) is 49.0 Å². The lowest BCUT2D eigenvalue weighted by Gasteiger charge is -2.33. The molecule has 3 aromatic rings. The number of nitrogens with zero attached hydrogens (tertiary/aromatic N) is 3. The van der Waals surface area contributed by atoms with Crippen LogP contribution in [0.2, 0.25) is 5.02 Å². The molecule has 0 radical (unpaired) electrons. The number of carbonyl (C=O) groups excluding carboxylic acids is 1. The molecule has 204 valence electrons. The second-order valence-corrected chi connectivity index (χ2v) is 9.66. The van der Waals surface area contributed by atoms with Crippen LogP contribution in [-0.4, -0.2) is 61.0 Å². The van der Waals surface area contributed by atoms with E-state index < -0.39 is 17.6 Å². The van der Waals surface area contributed by atoms with Gasteiger partial charge in [0.1, 0.15) is 5.82 Å². The van der Waals surface area contributed by atoms with E-state index in [9.17, 15) is 18.0 Å². The zero-order chi connectivity index (χ0) is 28.2. The molecule has 39 heavy (non-hydrogen) atoms. The second kappa shape index (κ2) is 11.9. The number of alkyl halides is 3. The highest BCUT2D eigenvalue weighted by atomic mass is 35.5. The first-order valence-electron chi connectivity index (χ1n) is 12.2. The number of aromatic nitrogens is 1. The molecule has 1 amide bonds. The minimum Gasteiger partial charge on any atom is -0.387 e. The van der Waals surface area contributed by atoms with Crippen LogP contribution in [0.3, 0.4) is 0 Å². The Morgan fingerprint density at radius 1 is 1.05 bits per heavy atom. The average molecular weight is 557 g/mol. The number of piperazine rings is 1. The Bertz CT molecular complexity index is 1430. The van der Waals surface area contributed by atoms with Crippen LogP contribution in [0.1, 0.15) is 32.6 Å². The molecule has 0 aliphatic carbocycles. The molecule has 0 atom stereocenters. The number of pyridine rings is 1. The minimum absolute atomic E-state index is 0.0414. The Morgan fingerprint density at radius 3 is 2.46 bits per heavy atom. The number of amides is 1. The minimum atomic E-state index is -4.56. The van der Waals surface area contributed by atoms with Gasteiger partial charge in [0, 0.05) is 56.6 Å². The van der Waals surface area contributed by atoms with Crippen LogP contribution in [0, 0.1) is 11.8 Å². The van der Waals surface area contributed by atoms with Crippen LogP contribution in [0.5, 0.6) is 0 Å². The van der Waals surface area contributed by atoms with E-state index >= 15 is 0 Å². The van der Waals surface area contributed by atoms with Crippen molar-refractivity contribution < 1.29 is 18.0 Å². The van der Waals surface area contributed by atoms with E-state index in [0.717, 1.165) is 24.8 Å². The maximum absolute atomic E-state index is 13.9. The van der Waals surface area contributed by atoms with Crippen LogP contribution < -0.4 is 16.4 Å². The van der Waals surface area contributed by atoms with E-state index in [1.807, 2.05) is 11.9 Å². The van der Waals surface area contributed by atoms with Gasteiger partial charge in [0.25, 0.3) is 5.91 Å². The van der Waals surface area contributed by atoms with Crippen molar-refractivity contribution in [3.63, 3.8) is 0 Å². The fraction of sp³-hybridized carbons (Fsp3) is 0.286. The van der Waals surface area contributed by atoms with Crippen molar-refractivity contribution in [2.75, 3.05) is 56.6 Å². The maximum Gasteiger partial charge on any atom is 0.416 e. The third kappa shape index (κ3) is 7.20. The Morgan fingerprint density at radius 2 is 1.77 bits per heavy atom. The summed E-state index contributed by atoms with van der Waals surface area (Å²) in [6.45, 7) is 3.18. The van der Waals surface area contributed by atoms with E-state index in [1.54, 1.807) is 19.3 Å². The summed E-state index contributed by atoms with van der Waals surface area (Å²) in [5.41, 5.74) is 7.09. The molecule has 1 aromatic heterocycles. The lowest BCUT2D eigenvalue weighted by atomic mass is 10.0. The Hall–Kier alpha value is -3.78. The topological polar surface area (TPSA) is 86.5 Å². The van der Waals surface area contributed by atoms with Crippen molar-refractivity contribution >= 4 is 34.7 Å². The number of hydrogen-bond acceptors (Lipinski definition) is 6. The molecule has 4 N–H and O–H groups in total. The number of hydrogen-bond donors (Lipinski definition) is 3. The van der Waals surface area contributed by atoms with Gasteiger partial charge in [0.15, 0.2) is 0 Å². The predicted octanol–water partition coefficient (Wildman–Crippen LogP) is 4.78. The molecule has 1 aliphatic heterocycles. The van der Waals surface area contributed by atoms with Gasteiger partial charge in [-0.2, -0.15) is 13.2 Å². The lowest BCUT2D eigenvalue weighted by molar-refractivity contribution is -0.138. The molecule has 4 rings (SSSR count). The number of nitrogens with two attached hydrogens (primary N) is 1. The largest absolute Gasteiger partial charge is 0.416 e. The summed E-state index contributed by atoms with van der Waals surface area (Å²) in [6, 6.07) is 10.1. The number of rotatable bonds is 5. The smallest absolute Gasteiger partial charge is 0.387 e. The van der Waals surface area contributed by atoms with Gasteiger partial charge in [-0.15, -0.1) is 0 Å². The second-order valence-electron chi connectivity index (χ2n) is 9.25. The van der Waals surface area contributed by atoms with E-state index in [4.69, 9.17) is 17.3 Å². The van der Waals surface area contributed by atoms with E-state index in [2.05, 4.69) is 32.4 Å². The van der Waals surface area contributed by atoms with Crippen molar-refractivity contribution in [1.82, 2.24) is 14.8 Å². The van der Waals surface area contributed by atoms with Crippen molar-refractivity contribution in [2.24, 2.45) is 0 Å². The van der Waals surface area contributed by atoms with E-state index in [0.29, 0.717) is 29.2 Å². The van der Waals surface area contributed by atoms with Crippen LogP contribution in [-0.2, 0) is 12.7 Å². The molecular weight excluding hydrogens is 529 g/mol. The number of nitrogens with one attached hydrogen (secondary N) is 2. The average Bonchev–Trinajstić information content (AvgIpc) is 2.90. The van der Waals surface area contributed by atoms with Crippen molar-refractivity contribution in [1.29, 1.82) is 0 Å². The summed E-state index contributed by atoms with van der Waals surface area (Å²) in [4.78, 5) is 21.2. The molecule has 2 heterocycles. The maximum atomic E-state index is 13.9. The monoisotopic (exact) mass is 556 g/mol. The van der Waals surface area contributed by atoms with Gasteiger partial charge < -0.3 is 21.3 Å². The van der Waals surface area contributed by atoms with Gasteiger partial charge in [-0.3, -0.25) is 9.69 Å². The molecule has 11 heteroatoms. The fourth-order valence-corrected chi connectivity index (χ4v) is 4.28. The van der Waals surface area contributed by atoms with Crippen LogP contribution >= 0.6 is 11.6 Å². The standard InChI is InChI=1S/C28H28ClF3N6O/c1-34-23-14-19(26(33)35-16-23)4-3-18-13-20(6-8-25(18)29)27(39)36-22-7-5-21(24(15-22)28(30,31)32)17-38-11-9-37(2)10-12-38/h5-8,13-16,34H,9-12,17H2,1-2H3,(H2,33,35)(H,36,39). The molecule has 0 spiro atoms. The molecule has 0 unspecified atom stereocenters. The number of nitrogen functional groups attached to an aromatic ring is 1. The number of anilines is 3. The van der Waals surface area contributed by atoms with Gasteiger partial charge in [-0.25, -0.2) is 4.98 Å². The van der Waals surface area contributed by atoms with E-state index in [1.165, 1.54) is 30.3 Å². The van der Waals surface area contributed by atoms with Crippen molar-refractivity contribution in [3.05, 3.63) is 81.5 Å². The number of halogens is 4. The molecule has 0 saturated carbocycles. The van der Waals surface area contributed by atoms with Gasteiger partial charge in [-0.1, -0.05) is 29.5 Å². The first-order valence-corrected chi connectivity index (χ1v) is 12.6. The molecule has 2 aromatic carbocycles. The van der Waals surface area contributed by atoms with Gasteiger partial charge in [0.05, 0.1) is 28.0 Å². The van der Waals surface area contributed by atoms with Crippen molar-refractivity contribution in [2.45, 2.75) is 12.7 Å². The number of likely N-dealkylation sites (N-methyl/N-ethyl adjacent to an activating group) is 1. The third-order valence-electron chi connectivity index (χ3n) is 6.43. The lowest BCUT2D eigenvalue weighted by Crippen LogP contribution is -2.44. The van der Waals surface area contributed by atoms with Crippen LogP contribution in [0.15, 0.2) is 48.7 Å². The van der Waals surface area contributed by atoms with Crippen LogP contribution in [0.25, 0.3) is 0 Å². The zero-order valence-electron chi connectivity index (χ0n) is 21.5. The Kier molecular flexibility index (Phi) is 8.65. The SMILES string of the molecule is CNc1cnc(N)c(C#Cc2cc(C(=O)Nc3ccc(CN4CCN(C)CC4)c(C(F)(F)F)c3)ccc2Cl)c1. The summed E-state index contributed by atoms with van der Waals surface area (Å²) in [5.74, 6) is 5.44. The third-order valence-corrected chi connectivity index (χ3v) is 6.76. The highest BCUT2D eigenvalue weighted by Crippen LogP contribution is 2.35. The summed E-state index contributed by atoms with van der Waals surface area (Å²) in [7, 11) is 3.73. The summed E-state index contributed by atoms with van der Waals surface area (Å²) < 4.78 is 41.7. The summed E-state index contributed by atoms with van der Waals surface area (Å²) >= 11 is 6.28. The Labute approximate surface area is 230 Å². The highest BCUT2D eigenvalue weighted by Gasteiger charge is 2.34. The Balaban J connectivity index is 1.54. The number of benzene rings is 2. The zero-order valence-corrected chi connectivity index (χ0v) is 22.2.